The van der Waals surface area contributed by atoms with Crippen molar-refractivity contribution >= 4 is 39.6 Å². The molecule has 0 spiro atoms. The smallest absolute Gasteiger partial charge is 0 e. The summed E-state index contributed by atoms with van der Waals surface area (Å²) in [6.45, 7) is 9.34. The molecule has 0 aliphatic heterocycles. The number of benzene rings is 3. The van der Waals surface area contributed by atoms with Crippen molar-refractivity contribution in [3.63, 3.8) is 0 Å². The first-order valence-corrected chi connectivity index (χ1v) is 22.6. The zero-order chi connectivity index (χ0) is 30.4. The van der Waals surface area contributed by atoms with E-state index in [2.05, 4.69) is 105 Å². The van der Waals surface area contributed by atoms with E-state index in [1.807, 2.05) is 48.7 Å². The Morgan fingerprint density at radius 3 is 2.09 bits per heavy atom. The Morgan fingerprint density at radius 1 is 0.705 bits per heavy atom. The number of rotatable bonds is 3. The molecule has 0 saturated heterocycles. The molecular weight excluding hydrogens is 777 g/mol. The summed E-state index contributed by atoms with van der Waals surface area (Å²) in [5, 5.41) is 2.26. The monoisotopic (exact) mass is 819 g/mol. The molecule has 1 aliphatic carbocycles. The summed E-state index contributed by atoms with van der Waals surface area (Å²) in [5.41, 5.74) is 8.87. The van der Waals surface area contributed by atoms with E-state index in [0.717, 1.165) is 44.5 Å². The predicted octanol–water partition coefficient (Wildman–Crippen LogP) is 9.89. The van der Waals surface area contributed by atoms with Crippen LogP contribution in [0.4, 0.5) is 0 Å². The fourth-order valence-corrected chi connectivity index (χ4v) is 8.19. The Morgan fingerprint density at radius 2 is 1.41 bits per heavy atom. The molecule has 227 valence electrons. The maximum Gasteiger partial charge on any atom is 0 e. The molecule has 0 fully saturated rings. The molecule has 0 amide bonds. The minimum atomic E-state index is -1.72. The van der Waals surface area contributed by atoms with E-state index in [0.29, 0.717) is 0 Å². The summed E-state index contributed by atoms with van der Waals surface area (Å²) in [6.07, 6.45) is 6.51. The first kappa shape index (κ1) is 32.3. The summed E-state index contributed by atoms with van der Waals surface area (Å²) in [7, 11) is 0. The van der Waals surface area contributed by atoms with Crippen molar-refractivity contribution in [3.05, 3.63) is 115 Å². The second-order valence-electron chi connectivity index (χ2n) is 14.0. The van der Waals surface area contributed by atoms with Crippen molar-refractivity contribution < 1.29 is 24.5 Å². The second kappa shape index (κ2) is 12.4. The Labute approximate surface area is 278 Å². The van der Waals surface area contributed by atoms with Crippen LogP contribution in [0, 0.1) is 12.1 Å². The van der Waals surface area contributed by atoms with Gasteiger partial charge in [-0.05, 0) is 46.6 Å². The largest absolute Gasteiger partial charge is 0 e. The Bertz CT molecular complexity index is 1900. The number of hydrogen-bond acceptors (Lipinski definition) is 3. The van der Waals surface area contributed by atoms with Crippen molar-refractivity contribution in [2.45, 2.75) is 68.6 Å². The number of para-hydroxylation sites is 1. The minimum Gasteiger partial charge on any atom is 0 e. The van der Waals surface area contributed by atoms with Crippen LogP contribution in [-0.4, -0.2) is 23.2 Å². The van der Waals surface area contributed by atoms with Crippen molar-refractivity contribution in [3.8, 4) is 22.5 Å². The maximum absolute atomic E-state index is 6.20. The normalized spacial score (nSPS) is 15.2. The van der Waals surface area contributed by atoms with Crippen LogP contribution in [0.25, 0.3) is 44.5 Å². The first-order chi connectivity index (χ1) is 20.4. The quantitative estimate of drug-likeness (QED) is 0.132. The Balaban J connectivity index is 0.000000194. The zero-order valence-electron chi connectivity index (χ0n) is 26.7. The molecule has 0 N–H and O–H groups in total. The second-order valence-corrected chi connectivity index (χ2v) is 24.7. The standard InChI is InChI=1S/C25H24NO.C14H16GeN.Ir/c1-24(2)12-13-25(3,4)20-15-26-21(14-19(20)24)18-10-7-9-17-16-8-5-6-11-22(16)27-23(17)18;1-15(2,3)13-9-10-14(16-11-13)12-7-5-4-6-8-12;/h5-9,11,14-15H,12-13H2,1-4H3;4-7,9-11H,1-3H3;/q2*-1;. The van der Waals surface area contributed by atoms with E-state index in [1.54, 1.807) is 0 Å². The topological polar surface area (TPSA) is 38.9 Å². The predicted molar refractivity (Wildman–Crippen MR) is 183 cm³/mol. The van der Waals surface area contributed by atoms with Gasteiger partial charge in [-0.2, -0.15) is 0 Å². The van der Waals surface area contributed by atoms with E-state index in [-0.39, 0.29) is 30.9 Å². The van der Waals surface area contributed by atoms with Gasteiger partial charge < -0.3 is 9.40 Å². The van der Waals surface area contributed by atoms with Gasteiger partial charge in [0, 0.05) is 31.7 Å². The SMILES string of the molecule is CC1(C)CCC(C)(C)c2cc(-c3[c-]ccc4c3oc3ccccc34)ncc21.[CH3][Ge]([CH3])([CH3])[c]1ccc(-c2[c-]cccc2)nc1.[Ir]. The van der Waals surface area contributed by atoms with Gasteiger partial charge in [-0.3, -0.25) is 0 Å². The van der Waals surface area contributed by atoms with Crippen LogP contribution in [0.2, 0.25) is 17.3 Å². The summed E-state index contributed by atoms with van der Waals surface area (Å²) >= 11 is -1.72. The fraction of sp³-hybridized carbons (Fsp3) is 0.282. The van der Waals surface area contributed by atoms with Gasteiger partial charge in [0.1, 0.15) is 5.58 Å². The third-order valence-electron chi connectivity index (χ3n) is 8.95. The number of aromatic nitrogens is 2. The average Bonchev–Trinajstić information content (AvgIpc) is 3.39. The molecule has 3 aromatic carbocycles. The number of fused-ring (bicyclic) bond motifs is 4. The molecule has 5 heteroatoms. The van der Waals surface area contributed by atoms with Gasteiger partial charge >= 0.3 is 99.8 Å². The molecular formula is C39H40GeIrN2O-2. The molecule has 0 atom stereocenters. The van der Waals surface area contributed by atoms with Crippen LogP contribution in [0.15, 0.2) is 95.7 Å². The molecule has 44 heavy (non-hydrogen) atoms. The van der Waals surface area contributed by atoms with Gasteiger partial charge in [0.05, 0.1) is 5.58 Å². The van der Waals surface area contributed by atoms with Gasteiger partial charge in [-0.1, -0.05) is 62.9 Å². The Kier molecular flexibility index (Phi) is 9.11. The molecule has 3 heterocycles. The molecule has 1 aliphatic rings. The maximum atomic E-state index is 6.20. The van der Waals surface area contributed by atoms with Crippen molar-refractivity contribution in [2.24, 2.45) is 0 Å². The third-order valence-corrected chi connectivity index (χ3v) is 13.2. The van der Waals surface area contributed by atoms with Crippen LogP contribution in [0.3, 0.4) is 0 Å². The van der Waals surface area contributed by atoms with Crippen LogP contribution >= 0.6 is 0 Å². The van der Waals surface area contributed by atoms with Crippen LogP contribution in [0.1, 0.15) is 51.7 Å². The van der Waals surface area contributed by atoms with Crippen LogP contribution in [-0.2, 0) is 30.9 Å². The van der Waals surface area contributed by atoms with Gasteiger partial charge in [0.15, 0.2) is 0 Å². The van der Waals surface area contributed by atoms with E-state index in [4.69, 9.17) is 9.40 Å². The molecule has 3 nitrogen and oxygen atoms in total. The van der Waals surface area contributed by atoms with E-state index < -0.39 is 13.3 Å². The molecule has 0 unspecified atom stereocenters. The summed E-state index contributed by atoms with van der Waals surface area (Å²) in [6, 6.07) is 33.4. The van der Waals surface area contributed by atoms with E-state index in [1.165, 1.54) is 28.4 Å². The van der Waals surface area contributed by atoms with E-state index in [9.17, 15) is 0 Å². The first-order valence-electron chi connectivity index (χ1n) is 15.2. The molecule has 0 saturated carbocycles. The van der Waals surface area contributed by atoms with Crippen molar-refractivity contribution in [1.82, 2.24) is 9.97 Å². The van der Waals surface area contributed by atoms with Gasteiger partial charge in [0.25, 0.3) is 0 Å². The number of nitrogens with zero attached hydrogens (tertiary/aromatic N) is 2. The minimum absolute atomic E-state index is 0. The van der Waals surface area contributed by atoms with Crippen LogP contribution in [0.5, 0.6) is 0 Å². The van der Waals surface area contributed by atoms with Gasteiger partial charge in [-0.15, -0.1) is 18.2 Å². The summed E-state index contributed by atoms with van der Waals surface area (Å²) in [5.74, 6) is 7.14. The Hall–Kier alpha value is -3.05. The zero-order valence-corrected chi connectivity index (χ0v) is 31.2. The molecule has 3 aromatic heterocycles. The van der Waals surface area contributed by atoms with E-state index >= 15 is 0 Å². The number of hydrogen-bond donors (Lipinski definition) is 0. The summed E-state index contributed by atoms with van der Waals surface area (Å²) in [4.78, 5) is 9.38. The average molecular weight is 818 g/mol. The fourth-order valence-electron chi connectivity index (χ4n) is 6.02. The van der Waals surface area contributed by atoms with Gasteiger partial charge in [-0.25, -0.2) is 0 Å². The number of furan rings is 1. The van der Waals surface area contributed by atoms with Gasteiger partial charge in [0.2, 0.25) is 0 Å². The van der Waals surface area contributed by atoms with Crippen molar-refractivity contribution in [2.75, 3.05) is 0 Å². The van der Waals surface area contributed by atoms with Crippen LogP contribution < -0.4 is 4.40 Å². The molecule has 0 bridgehead atoms. The number of pyridine rings is 2. The molecule has 7 rings (SSSR count). The molecule has 1 radical (unpaired) electrons. The van der Waals surface area contributed by atoms with Crippen molar-refractivity contribution in [1.29, 1.82) is 0 Å². The third kappa shape index (κ3) is 6.36. The molecule has 6 aromatic rings. The summed E-state index contributed by atoms with van der Waals surface area (Å²) < 4.78 is 7.65.